The lowest BCUT2D eigenvalue weighted by molar-refractivity contribution is -0.142. The van der Waals surface area contributed by atoms with Gasteiger partial charge in [-0.05, 0) is 36.1 Å². The fraction of sp³-hybridized carbons (Fsp3) is 0.500. The highest BCUT2D eigenvalue weighted by atomic mass is 32.2. The minimum Gasteiger partial charge on any atom is -0.481 e. The van der Waals surface area contributed by atoms with Crippen molar-refractivity contribution in [1.29, 1.82) is 0 Å². The third-order valence-corrected chi connectivity index (χ3v) is 4.29. The predicted molar refractivity (Wildman–Crippen MR) is 76.8 cm³/mol. The van der Waals surface area contributed by atoms with E-state index in [1.54, 1.807) is 0 Å². The van der Waals surface area contributed by atoms with E-state index in [1.807, 2.05) is 20.8 Å². The fourth-order valence-electron chi connectivity index (χ4n) is 1.89. The number of nitrogens with one attached hydrogen (secondary N) is 1. The maximum absolute atomic E-state index is 12.8. The molecule has 0 saturated heterocycles. The highest BCUT2D eigenvalue weighted by molar-refractivity contribution is 7.89. The van der Waals surface area contributed by atoms with Gasteiger partial charge in [0.05, 0.1) is 10.8 Å². The number of halogens is 1. The Morgan fingerprint density at radius 2 is 1.81 bits per heavy atom. The first kappa shape index (κ1) is 17.6. The molecule has 0 amide bonds. The van der Waals surface area contributed by atoms with Gasteiger partial charge in [0, 0.05) is 6.54 Å². The van der Waals surface area contributed by atoms with Gasteiger partial charge >= 0.3 is 5.97 Å². The Kier molecular flexibility index (Phi) is 5.47. The molecular weight excluding hydrogens is 297 g/mol. The average Bonchev–Trinajstić information content (AvgIpc) is 2.33. The van der Waals surface area contributed by atoms with Crippen molar-refractivity contribution in [2.45, 2.75) is 32.1 Å². The van der Waals surface area contributed by atoms with E-state index in [-0.39, 0.29) is 16.9 Å². The van der Waals surface area contributed by atoms with Crippen LogP contribution >= 0.6 is 0 Å². The second kappa shape index (κ2) is 6.53. The molecule has 0 heterocycles. The number of benzene rings is 1. The third-order valence-electron chi connectivity index (χ3n) is 2.85. The number of carboxylic acid groups (broad SMARTS) is 1. The Hall–Kier alpha value is -1.47. The molecule has 5 nitrogen and oxygen atoms in total. The van der Waals surface area contributed by atoms with Gasteiger partial charge in [0.2, 0.25) is 10.0 Å². The van der Waals surface area contributed by atoms with E-state index in [4.69, 9.17) is 5.11 Å². The monoisotopic (exact) mass is 317 g/mol. The molecule has 21 heavy (non-hydrogen) atoms. The van der Waals surface area contributed by atoms with Crippen LogP contribution in [0, 0.1) is 17.2 Å². The quantitative estimate of drug-likeness (QED) is 0.843. The molecule has 1 unspecified atom stereocenters. The van der Waals surface area contributed by atoms with Crippen LogP contribution in [0.1, 0.15) is 27.2 Å². The average molecular weight is 317 g/mol. The molecular formula is C14H20FNO4S. The molecule has 1 rings (SSSR count). The second-order valence-corrected chi connectivity index (χ2v) is 7.87. The zero-order valence-corrected chi connectivity index (χ0v) is 13.1. The van der Waals surface area contributed by atoms with E-state index in [0.717, 1.165) is 24.3 Å². The molecule has 2 N–H and O–H groups in total. The molecule has 0 radical (unpaired) electrons. The number of rotatable bonds is 6. The van der Waals surface area contributed by atoms with Gasteiger partial charge in [-0.15, -0.1) is 0 Å². The number of carboxylic acids is 1. The normalized spacial score (nSPS) is 13.9. The Bertz CT molecular complexity index is 590. The van der Waals surface area contributed by atoms with E-state index < -0.39 is 27.7 Å². The summed E-state index contributed by atoms with van der Waals surface area (Å²) in [4.78, 5) is 11.1. The van der Waals surface area contributed by atoms with Gasteiger partial charge in [-0.25, -0.2) is 17.5 Å². The molecule has 0 aliphatic heterocycles. The summed E-state index contributed by atoms with van der Waals surface area (Å²) in [5, 5.41) is 9.16. The lowest BCUT2D eigenvalue weighted by atomic mass is 9.85. The number of hydrogen-bond acceptors (Lipinski definition) is 3. The van der Waals surface area contributed by atoms with Crippen LogP contribution in [-0.4, -0.2) is 26.0 Å². The van der Waals surface area contributed by atoms with Crippen molar-refractivity contribution < 1.29 is 22.7 Å². The summed E-state index contributed by atoms with van der Waals surface area (Å²) in [6.07, 6.45) is 0.342. The number of aliphatic carboxylic acids is 1. The minimum absolute atomic E-state index is 0.0937. The molecule has 7 heteroatoms. The molecule has 0 spiro atoms. The van der Waals surface area contributed by atoms with Gasteiger partial charge < -0.3 is 5.11 Å². The molecule has 0 aliphatic rings. The van der Waals surface area contributed by atoms with Crippen LogP contribution in [-0.2, 0) is 14.8 Å². The van der Waals surface area contributed by atoms with Crippen molar-refractivity contribution in [3.8, 4) is 0 Å². The maximum Gasteiger partial charge on any atom is 0.307 e. The summed E-state index contributed by atoms with van der Waals surface area (Å²) >= 11 is 0. The summed E-state index contributed by atoms with van der Waals surface area (Å²) in [5.74, 6) is -2.41. The van der Waals surface area contributed by atoms with Crippen LogP contribution < -0.4 is 4.72 Å². The van der Waals surface area contributed by atoms with Gasteiger partial charge in [0.25, 0.3) is 0 Å². The lowest BCUT2D eigenvalue weighted by Crippen LogP contribution is -2.35. The van der Waals surface area contributed by atoms with Crippen molar-refractivity contribution in [3.05, 3.63) is 30.1 Å². The number of hydrogen-bond donors (Lipinski definition) is 2. The SMILES string of the molecule is CC(C)(C)CC(CNS(=O)(=O)c1ccc(F)cc1)C(=O)O. The van der Waals surface area contributed by atoms with Crippen molar-refractivity contribution in [2.24, 2.45) is 11.3 Å². The lowest BCUT2D eigenvalue weighted by Gasteiger charge is -2.23. The van der Waals surface area contributed by atoms with E-state index in [0.29, 0.717) is 6.42 Å². The van der Waals surface area contributed by atoms with Gasteiger partial charge in [-0.2, -0.15) is 0 Å². The van der Waals surface area contributed by atoms with Gasteiger partial charge in [-0.1, -0.05) is 20.8 Å². The molecule has 118 valence electrons. The summed E-state index contributed by atoms with van der Waals surface area (Å²) in [6.45, 7) is 5.46. The first-order valence-corrected chi connectivity index (χ1v) is 7.98. The van der Waals surface area contributed by atoms with Crippen LogP contribution in [0.25, 0.3) is 0 Å². The molecule has 0 aromatic heterocycles. The summed E-state index contributed by atoms with van der Waals surface area (Å²) in [6, 6.07) is 4.35. The minimum atomic E-state index is -3.84. The largest absolute Gasteiger partial charge is 0.481 e. The molecule has 0 bridgehead atoms. The summed E-state index contributed by atoms with van der Waals surface area (Å²) in [5.41, 5.74) is -0.232. The van der Waals surface area contributed by atoms with Gasteiger partial charge in [0.15, 0.2) is 0 Å². The zero-order chi connectivity index (χ0) is 16.3. The van der Waals surface area contributed by atoms with Crippen LogP contribution in [0.4, 0.5) is 4.39 Å². The fourth-order valence-corrected chi connectivity index (χ4v) is 2.98. The highest BCUT2D eigenvalue weighted by Gasteiger charge is 2.26. The first-order chi connectivity index (χ1) is 9.51. The van der Waals surface area contributed by atoms with Crippen molar-refractivity contribution in [3.63, 3.8) is 0 Å². The number of carbonyl (C=O) groups is 1. The summed E-state index contributed by atoms with van der Waals surface area (Å²) < 4.78 is 39.1. The van der Waals surface area contributed by atoms with Crippen LogP contribution in [0.5, 0.6) is 0 Å². The van der Waals surface area contributed by atoms with Crippen molar-refractivity contribution >= 4 is 16.0 Å². The van der Waals surface area contributed by atoms with Crippen LogP contribution in [0.3, 0.4) is 0 Å². The van der Waals surface area contributed by atoms with Crippen molar-refractivity contribution in [2.75, 3.05) is 6.54 Å². The van der Waals surface area contributed by atoms with Gasteiger partial charge in [0.1, 0.15) is 5.82 Å². The number of sulfonamides is 1. The Morgan fingerprint density at radius 3 is 2.24 bits per heavy atom. The van der Waals surface area contributed by atoms with E-state index in [1.165, 1.54) is 0 Å². The third kappa shape index (κ3) is 5.81. The summed E-state index contributed by atoms with van der Waals surface area (Å²) in [7, 11) is -3.84. The standard InChI is InChI=1S/C14H20FNO4S/c1-14(2,3)8-10(13(17)18)9-16-21(19,20)12-6-4-11(15)5-7-12/h4-7,10,16H,8-9H2,1-3H3,(H,17,18). The smallest absolute Gasteiger partial charge is 0.307 e. The Morgan fingerprint density at radius 1 is 1.29 bits per heavy atom. The topological polar surface area (TPSA) is 83.5 Å². The zero-order valence-electron chi connectivity index (χ0n) is 12.3. The molecule has 1 aromatic carbocycles. The molecule has 1 atom stereocenters. The first-order valence-electron chi connectivity index (χ1n) is 6.49. The van der Waals surface area contributed by atoms with Crippen LogP contribution in [0.2, 0.25) is 0 Å². The van der Waals surface area contributed by atoms with Crippen molar-refractivity contribution in [1.82, 2.24) is 4.72 Å². The van der Waals surface area contributed by atoms with E-state index in [9.17, 15) is 17.6 Å². The molecule has 1 aromatic rings. The highest BCUT2D eigenvalue weighted by Crippen LogP contribution is 2.24. The van der Waals surface area contributed by atoms with E-state index >= 15 is 0 Å². The second-order valence-electron chi connectivity index (χ2n) is 6.11. The molecule has 0 saturated carbocycles. The Balaban J connectivity index is 2.79. The van der Waals surface area contributed by atoms with E-state index in [2.05, 4.69) is 4.72 Å². The maximum atomic E-state index is 12.8. The van der Waals surface area contributed by atoms with Gasteiger partial charge in [-0.3, -0.25) is 4.79 Å². The Labute approximate surface area is 124 Å². The molecule has 0 aliphatic carbocycles. The molecule has 0 fully saturated rings. The predicted octanol–water partition coefficient (Wildman–Crippen LogP) is 2.24. The van der Waals surface area contributed by atoms with Crippen LogP contribution in [0.15, 0.2) is 29.2 Å².